The molecule has 0 fully saturated rings. The van der Waals surface area contributed by atoms with Gasteiger partial charge >= 0.3 is 0 Å². The molecule has 0 aliphatic heterocycles. The Kier molecular flexibility index (Phi) is 4.43. The van der Waals surface area contributed by atoms with Crippen molar-refractivity contribution >= 4 is 34.4 Å². The normalized spacial score (nSPS) is 10.7. The number of aryl methyl sites for hydroxylation is 1. The summed E-state index contributed by atoms with van der Waals surface area (Å²) in [4.78, 5) is 8.99. The van der Waals surface area contributed by atoms with Gasteiger partial charge in [-0.15, -0.1) is 6.58 Å². The van der Waals surface area contributed by atoms with Crippen LogP contribution >= 0.6 is 11.6 Å². The Morgan fingerprint density at radius 1 is 1.26 bits per heavy atom. The third kappa shape index (κ3) is 3.27. The highest BCUT2D eigenvalue weighted by Gasteiger charge is 2.11. The molecule has 7 heteroatoms. The lowest BCUT2D eigenvalue weighted by molar-refractivity contribution is 0.785. The number of nitrogens with zero attached hydrogens (tertiary/aromatic N) is 4. The van der Waals surface area contributed by atoms with Gasteiger partial charge < -0.3 is 10.6 Å². The number of hydrogen-bond acceptors (Lipinski definition) is 5. The molecule has 3 aromatic rings. The zero-order chi connectivity index (χ0) is 16.2. The van der Waals surface area contributed by atoms with Crippen LogP contribution in [0.1, 0.15) is 5.56 Å². The van der Waals surface area contributed by atoms with Crippen molar-refractivity contribution < 1.29 is 0 Å². The first-order valence-corrected chi connectivity index (χ1v) is 7.58. The number of aromatic nitrogens is 4. The number of halogens is 1. The van der Waals surface area contributed by atoms with Crippen molar-refractivity contribution in [2.45, 2.75) is 6.54 Å². The number of rotatable bonds is 6. The molecular formula is C16H17ClN6. The maximum Gasteiger partial charge on any atom is 0.226 e. The summed E-state index contributed by atoms with van der Waals surface area (Å²) < 4.78 is 1.72. The van der Waals surface area contributed by atoms with E-state index in [-0.39, 0.29) is 0 Å². The minimum Gasteiger partial charge on any atom is -0.365 e. The molecule has 0 radical (unpaired) electrons. The number of anilines is 2. The van der Waals surface area contributed by atoms with Crippen molar-refractivity contribution in [2.75, 3.05) is 17.2 Å². The van der Waals surface area contributed by atoms with Crippen LogP contribution in [0.15, 0.2) is 43.1 Å². The topological polar surface area (TPSA) is 67.7 Å². The molecule has 2 heterocycles. The predicted molar refractivity (Wildman–Crippen MR) is 93.8 cm³/mol. The van der Waals surface area contributed by atoms with Crippen LogP contribution in [0, 0.1) is 0 Å². The first-order chi connectivity index (χ1) is 11.2. The van der Waals surface area contributed by atoms with Gasteiger partial charge in [-0.3, -0.25) is 4.68 Å². The van der Waals surface area contributed by atoms with Gasteiger partial charge in [0.1, 0.15) is 5.82 Å². The lowest BCUT2D eigenvalue weighted by Gasteiger charge is -2.10. The van der Waals surface area contributed by atoms with Crippen LogP contribution in [0.5, 0.6) is 0 Å². The van der Waals surface area contributed by atoms with Gasteiger partial charge in [0.25, 0.3) is 0 Å². The zero-order valence-electron chi connectivity index (χ0n) is 12.8. The number of benzene rings is 1. The maximum atomic E-state index is 6.20. The van der Waals surface area contributed by atoms with Gasteiger partial charge in [0, 0.05) is 25.2 Å². The number of nitrogens with one attached hydrogen (secondary N) is 2. The Morgan fingerprint density at radius 2 is 2.09 bits per heavy atom. The average molecular weight is 329 g/mol. The Labute approximate surface area is 139 Å². The van der Waals surface area contributed by atoms with Crippen molar-refractivity contribution in [3.05, 3.63) is 53.7 Å². The van der Waals surface area contributed by atoms with Crippen LogP contribution in [-0.4, -0.2) is 26.3 Å². The second kappa shape index (κ2) is 6.66. The Bertz CT molecular complexity index is 842. The first kappa shape index (κ1) is 15.3. The standard InChI is InChI=1S/C16H17ClN6/c1-3-8-18-16-21-14(12-10-20-23(2)15(12)22-16)19-9-11-6-4-5-7-13(11)17/h3-7,10H,1,8-9H2,2H3,(H2,18,19,21,22). The molecule has 0 bridgehead atoms. The molecule has 0 spiro atoms. The van der Waals surface area contributed by atoms with Crippen LogP contribution in [0.3, 0.4) is 0 Å². The molecular weight excluding hydrogens is 312 g/mol. The maximum absolute atomic E-state index is 6.20. The molecule has 2 aromatic heterocycles. The molecule has 0 aliphatic carbocycles. The largest absolute Gasteiger partial charge is 0.365 e. The fourth-order valence-electron chi connectivity index (χ4n) is 2.22. The zero-order valence-corrected chi connectivity index (χ0v) is 13.5. The molecule has 0 saturated heterocycles. The van der Waals surface area contributed by atoms with Gasteiger partial charge in [-0.2, -0.15) is 15.1 Å². The van der Waals surface area contributed by atoms with E-state index in [1.165, 1.54) is 0 Å². The third-order valence-electron chi connectivity index (χ3n) is 3.40. The van der Waals surface area contributed by atoms with E-state index in [0.29, 0.717) is 19.0 Å². The summed E-state index contributed by atoms with van der Waals surface area (Å²) in [5, 5.41) is 12.3. The molecule has 118 valence electrons. The van der Waals surface area contributed by atoms with Gasteiger partial charge in [0.2, 0.25) is 5.95 Å². The second-order valence-electron chi connectivity index (χ2n) is 5.02. The van der Waals surface area contributed by atoms with E-state index in [4.69, 9.17) is 11.6 Å². The summed E-state index contributed by atoms with van der Waals surface area (Å²) in [6, 6.07) is 7.72. The minimum atomic E-state index is 0.530. The van der Waals surface area contributed by atoms with E-state index in [9.17, 15) is 0 Å². The van der Waals surface area contributed by atoms with E-state index >= 15 is 0 Å². The Hall–Kier alpha value is -2.60. The molecule has 0 saturated carbocycles. The van der Waals surface area contributed by atoms with Crippen LogP contribution in [0.2, 0.25) is 5.02 Å². The van der Waals surface area contributed by atoms with Crippen molar-refractivity contribution in [3.63, 3.8) is 0 Å². The molecule has 6 nitrogen and oxygen atoms in total. The van der Waals surface area contributed by atoms with Gasteiger partial charge in [-0.1, -0.05) is 35.9 Å². The summed E-state index contributed by atoms with van der Waals surface area (Å²) in [7, 11) is 1.85. The van der Waals surface area contributed by atoms with Gasteiger partial charge in [-0.25, -0.2) is 0 Å². The van der Waals surface area contributed by atoms with Crippen molar-refractivity contribution in [2.24, 2.45) is 7.05 Å². The molecule has 2 N–H and O–H groups in total. The van der Waals surface area contributed by atoms with E-state index < -0.39 is 0 Å². The van der Waals surface area contributed by atoms with Crippen molar-refractivity contribution in [1.29, 1.82) is 0 Å². The molecule has 23 heavy (non-hydrogen) atoms. The summed E-state index contributed by atoms with van der Waals surface area (Å²) in [5.41, 5.74) is 1.76. The summed E-state index contributed by atoms with van der Waals surface area (Å²) >= 11 is 6.20. The molecule has 1 aromatic carbocycles. The van der Waals surface area contributed by atoms with Crippen LogP contribution < -0.4 is 10.6 Å². The van der Waals surface area contributed by atoms with Crippen LogP contribution in [-0.2, 0) is 13.6 Å². The van der Waals surface area contributed by atoms with Gasteiger partial charge in [0.15, 0.2) is 5.65 Å². The second-order valence-corrected chi connectivity index (χ2v) is 5.42. The predicted octanol–water partition coefficient (Wildman–Crippen LogP) is 3.23. The monoisotopic (exact) mass is 328 g/mol. The smallest absolute Gasteiger partial charge is 0.226 e. The van der Waals surface area contributed by atoms with E-state index in [2.05, 4.69) is 32.3 Å². The molecule has 0 unspecified atom stereocenters. The highest BCUT2D eigenvalue weighted by molar-refractivity contribution is 6.31. The van der Waals surface area contributed by atoms with Crippen molar-refractivity contribution in [3.8, 4) is 0 Å². The third-order valence-corrected chi connectivity index (χ3v) is 3.77. The van der Waals surface area contributed by atoms with Gasteiger partial charge in [-0.05, 0) is 11.6 Å². The van der Waals surface area contributed by atoms with Crippen LogP contribution in [0.4, 0.5) is 11.8 Å². The lowest BCUT2D eigenvalue weighted by atomic mass is 10.2. The van der Waals surface area contributed by atoms with Crippen LogP contribution in [0.25, 0.3) is 11.0 Å². The first-order valence-electron chi connectivity index (χ1n) is 7.21. The SMILES string of the molecule is C=CCNc1nc(NCc2ccccc2Cl)c2cnn(C)c2n1. The summed E-state index contributed by atoms with van der Waals surface area (Å²) in [6.45, 7) is 4.85. The molecule has 0 amide bonds. The Balaban J connectivity index is 1.92. The van der Waals surface area contributed by atoms with E-state index in [1.54, 1.807) is 17.0 Å². The fourth-order valence-corrected chi connectivity index (χ4v) is 2.42. The fraction of sp³-hybridized carbons (Fsp3) is 0.188. The molecule has 3 rings (SSSR count). The van der Waals surface area contributed by atoms with E-state index in [0.717, 1.165) is 27.4 Å². The highest BCUT2D eigenvalue weighted by Crippen LogP contribution is 2.23. The Morgan fingerprint density at radius 3 is 2.87 bits per heavy atom. The number of hydrogen-bond donors (Lipinski definition) is 2. The average Bonchev–Trinajstić information content (AvgIpc) is 2.93. The summed E-state index contributed by atoms with van der Waals surface area (Å²) in [5.74, 6) is 1.25. The number of fused-ring (bicyclic) bond motifs is 1. The molecule has 0 atom stereocenters. The highest BCUT2D eigenvalue weighted by atomic mass is 35.5. The quantitative estimate of drug-likeness (QED) is 0.680. The van der Waals surface area contributed by atoms with Crippen molar-refractivity contribution in [1.82, 2.24) is 19.7 Å². The van der Waals surface area contributed by atoms with E-state index in [1.807, 2.05) is 31.3 Å². The summed E-state index contributed by atoms with van der Waals surface area (Å²) in [6.07, 6.45) is 3.51. The van der Waals surface area contributed by atoms with Gasteiger partial charge in [0.05, 0.1) is 11.6 Å². The lowest BCUT2D eigenvalue weighted by Crippen LogP contribution is -2.08. The minimum absolute atomic E-state index is 0.530. The molecule has 0 aliphatic rings.